The van der Waals surface area contributed by atoms with Crippen LogP contribution in [0.5, 0.6) is 5.75 Å². The lowest BCUT2D eigenvalue weighted by atomic mass is 10.0. The molecule has 5 heteroatoms. The maximum Gasteiger partial charge on any atom is 0.335 e. The van der Waals surface area contributed by atoms with Crippen molar-refractivity contribution >= 4 is 5.97 Å². The number of rotatable bonds is 11. The first-order valence-corrected chi connectivity index (χ1v) is 11.2. The molecule has 0 radical (unpaired) electrons. The molecule has 4 nitrogen and oxygen atoms in total. The number of hydrogen-bond acceptors (Lipinski definition) is 4. The van der Waals surface area contributed by atoms with Gasteiger partial charge in [-0.25, -0.2) is 19.2 Å². The predicted molar refractivity (Wildman–Crippen MR) is 126 cm³/mol. The van der Waals surface area contributed by atoms with Gasteiger partial charge in [0, 0.05) is 41.2 Å². The highest BCUT2D eigenvalue weighted by atomic mass is 19.1. The molecule has 1 heterocycles. The molecule has 0 unspecified atom stereocenters. The molecule has 32 heavy (non-hydrogen) atoms. The van der Waals surface area contributed by atoms with Gasteiger partial charge in [-0.2, -0.15) is 0 Å². The Morgan fingerprint density at radius 2 is 1.66 bits per heavy atom. The Morgan fingerprint density at radius 1 is 0.969 bits per heavy atom. The molecule has 0 aliphatic heterocycles. The second-order valence-corrected chi connectivity index (χ2v) is 7.78. The number of hydrogen-bond donors (Lipinski definition) is 0. The molecule has 166 valence electrons. The second kappa shape index (κ2) is 11.9. The smallest absolute Gasteiger partial charge is 0.335 e. The molecule has 0 spiro atoms. The summed E-state index contributed by atoms with van der Waals surface area (Å²) in [4.78, 5) is 20.1. The highest BCUT2D eigenvalue weighted by Crippen LogP contribution is 2.26. The molecule has 3 aromatic rings. The number of halogens is 1. The number of benzene rings is 2. The third kappa shape index (κ3) is 6.58. The van der Waals surface area contributed by atoms with Gasteiger partial charge >= 0.3 is 5.97 Å². The molecular weight excluding hydrogens is 403 g/mol. The summed E-state index contributed by atoms with van der Waals surface area (Å²) in [5, 5.41) is 0. The lowest BCUT2D eigenvalue weighted by Crippen LogP contribution is -2.03. The van der Waals surface area contributed by atoms with Gasteiger partial charge in [-0.15, -0.1) is 0 Å². The summed E-state index contributed by atoms with van der Waals surface area (Å²) >= 11 is 0. The Labute approximate surface area is 189 Å². The summed E-state index contributed by atoms with van der Waals surface area (Å²) in [5.74, 6) is -0.441. The van der Waals surface area contributed by atoms with E-state index in [2.05, 4.69) is 35.6 Å². The molecule has 0 bridgehead atoms. The minimum atomic E-state index is -0.636. The van der Waals surface area contributed by atoms with Gasteiger partial charge in [0.05, 0.1) is 0 Å². The van der Waals surface area contributed by atoms with Crippen molar-refractivity contribution in [2.45, 2.75) is 51.9 Å². The van der Waals surface area contributed by atoms with Crippen molar-refractivity contribution in [3.05, 3.63) is 78.9 Å². The maximum atomic E-state index is 14.5. The van der Waals surface area contributed by atoms with Gasteiger partial charge in [-0.1, -0.05) is 69.9 Å². The van der Waals surface area contributed by atoms with Gasteiger partial charge in [0.25, 0.3) is 0 Å². The monoisotopic (exact) mass is 432 g/mol. The fourth-order valence-corrected chi connectivity index (χ4v) is 3.50. The standard InChI is InChI=1S/C27H29FN2O2/c1-3-5-6-7-8-9-10-20-11-13-21(14-12-20)27-29-18-22(19-30-27)24-16-15-23(17-25(24)28)32-26(31)4-2/h4,11-19H,2-3,5-10H2,1H3. The third-order valence-electron chi connectivity index (χ3n) is 5.32. The minimum Gasteiger partial charge on any atom is -0.423 e. The van der Waals surface area contributed by atoms with E-state index in [-0.39, 0.29) is 5.75 Å². The maximum absolute atomic E-state index is 14.5. The average molecular weight is 433 g/mol. The van der Waals surface area contributed by atoms with E-state index in [0.29, 0.717) is 17.0 Å². The summed E-state index contributed by atoms with van der Waals surface area (Å²) in [6.45, 7) is 5.56. The number of aromatic nitrogens is 2. The van der Waals surface area contributed by atoms with E-state index in [1.165, 1.54) is 56.2 Å². The van der Waals surface area contributed by atoms with Gasteiger partial charge in [-0.05, 0) is 30.5 Å². The van der Waals surface area contributed by atoms with E-state index in [1.54, 1.807) is 12.4 Å². The van der Waals surface area contributed by atoms with Crippen LogP contribution in [0.25, 0.3) is 22.5 Å². The summed E-state index contributed by atoms with van der Waals surface area (Å²) < 4.78 is 19.4. The zero-order chi connectivity index (χ0) is 22.8. The molecule has 1 aromatic heterocycles. The Kier molecular flexibility index (Phi) is 8.67. The van der Waals surface area contributed by atoms with Crippen molar-refractivity contribution in [1.29, 1.82) is 0 Å². The van der Waals surface area contributed by atoms with Gasteiger partial charge < -0.3 is 4.74 Å². The summed E-state index contributed by atoms with van der Waals surface area (Å²) in [6.07, 6.45) is 13.1. The van der Waals surface area contributed by atoms with Gasteiger partial charge in [0.2, 0.25) is 0 Å². The minimum absolute atomic E-state index is 0.120. The van der Waals surface area contributed by atoms with Crippen LogP contribution in [0.4, 0.5) is 4.39 Å². The van der Waals surface area contributed by atoms with Crippen molar-refractivity contribution in [2.75, 3.05) is 0 Å². The summed E-state index contributed by atoms with van der Waals surface area (Å²) in [6, 6.07) is 12.5. The molecule has 3 rings (SSSR count). The molecule has 0 saturated carbocycles. The lowest BCUT2D eigenvalue weighted by molar-refractivity contribution is -0.128. The van der Waals surface area contributed by atoms with E-state index in [4.69, 9.17) is 4.74 Å². The Balaban J connectivity index is 1.60. The lowest BCUT2D eigenvalue weighted by Gasteiger charge is -2.07. The number of carbonyl (C=O) groups is 1. The predicted octanol–water partition coefficient (Wildman–Crippen LogP) is 6.94. The van der Waals surface area contributed by atoms with Crippen LogP contribution in [-0.2, 0) is 11.2 Å². The quantitative estimate of drug-likeness (QED) is 0.142. The van der Waals surface area contributed by atoms with E-state index >= 15 is 0 Å². The number of aryl methyl sites for hydroxylation is 1. The number of unbranched alkanes of at least 4 members (excludes halogenated alkanes) is 5. The van der Waals surface area contributed by atoms with Crippen LogP contribution in [0.3, 0.4) is 0 Å². The van der Waals surface area contributed by atoms with Crippen LogP contribution < -0.4 is 4.74 Å². The molecule has 0 atom stereocenters. The number of esters is 1. The summed E-state index contributed by atoms with van der Waals surface area (Å²) in [7, 11) is 0. The first-order chi connectivity index (χ1) is 15.6. The molecule has 0 fully saturated rings. The van der Waals surface area contributed by atoms with Crippen molar-refractivity contribution in [3.8, 4) is 28.3 Å². The summed E-state index contributed by atoms with van der Waals surface area (Å²) in [5.41, 5.74) is 3.13. The zero-order valence-electron chi connectivity index (χ0n) is 18.5. The molecule has 2 aromatic carbocycles. The molecule has 0 amide bonds. The second-order valence-electron chi connectivity index (χ2n) is 7.78. The molecule has 0 saturated heterocycles. The SMILES string of the molecule is C=CC(=O)Oc1ccc(-c2cnc(-c3ccc(CCCCCCCC)cc3)nc2)c(F)c1. The van der Waals surface area contributed by atoms with Gasteiger partial charge in [-0.3, -0.25) is 0 Å². The highest BCUT2D eigenvalue weighted by molar-refractivity contribution is 5.83. The van der Waals surface area contributed by atoms with Crippen LogP contribution >= 0.6 is 0 Å². The molecule has 0 aliphatic carbocycles. The number of carbonyl (C=O) groups excluding carboxylic acids is 1. The Hall–Kier alpha value is -3.34. The van der Waals surface area contributed by atoms with Crippen molar-refractivity contribution in [2.24, 2.45) is 0 Å². The average Bonchev–Trinajstić information content (AvgIpc) is 2.82. The number of nitrogens with zero attached hydrogens (tertiary/aromatic N) is 2. The van der Waals surface area contributed by atoms with E-state index in [0.717, 1.165) is 24.1 Å². The van der Waals surface area contributed by atoms with Crippen molar-refractivity contribution in [3.63, 3.8) is 0 Å². The van der Waals surface area contributed by atoms with Gasteiger partial charge in [0.15, 0.2) is 5.82 Å². The fraction of sp³-hybridized carbons (Fsp3) is 0.296. The zero-order valence-corrected chi connectivity index (χ0v) is 18.5. The Morgan fingerprint density at radius 3 is 2.31 bits per heavy atom. The van der Waals surface area contributed by atoms with Crippen LogP contribution in [0, 0.1) is 5.82 Å². The third-order valence-corrected chi connectivity index (χ3v) is 5.32. The Bertz CT molecular complexity index is 1030. The highest BCUT2D eigenvalue weighted by Gasteiger charge is 2.10. The molecule has 0 N–H and O–H groups in total. The van der Waals surface area contributed by atoms with E-state index in [9.17, 15) is 9.18 Å². The van der Waals surface area contributed by atoms with E-state index < -0.39 is 11.8 Å². The van der Waals surface area contributed by atoms with Crippen molar-refractivity contribution < 1.29 is 13.9 Å². The largest absolute Gasteiger partial charge is 0.423 e. The topological polar surface area (TPSA) is 52.1 Å². The van der Waals surface area contributed by atoms with E-state index in [1.807, 2.05) is 12.1 Å². The molecular formula is C27H29FN2O2. The first kappa shape index (κ1) is 23.3. The van der Waals surface area contributed by atoms with Crippen LogP contribution in [0.1, 0.15) is 51.0 Å². The normalized spacial score (nSPS) is 10.7. The van der Waals surface area contributed by atoms with Crippen LogP contribution in [0.2, 0.25) is 0 Å². The number of ether oxygens (including phenoxy) is 1. The molecule has 0 aliphatic rings. The first-order valence-electron chi connectivity index (χ1n) is 11.2. The van der Waals surface area contributed by atoms with Gasteiger partial charge in [0.1, 0.15) is 11.6 Å². The fourth-order valence-electron chi connectivity index (χ4n) is 3.50. The van der Waals surface area contributed by atoms with Crippen molar-refractivity contribution in [1.82, 2.24) is 9.97 Å². The van der Waals surface area contributed by atoms with Crippen LogP contribution in [-0.4, -0.2) is 15.9 Å². The van der Waals surface area contributed by atoms with Crippen LogP contribution in [0.15, 0.2) is 67.5 Å².